The van der Waals surface area contributed by atoms with Crippen molar-refractivity contribution in [3.05, 3.63) is 34.0 Å². The molecule has 0 heterocycles. The van der Waals surface area contributed by atoms with Gasteiger partial charge in [0.2, 0.25) is 0 Å². The van der Waals surface area contributed by atoms with Gasteiger partial charge in [-0.05, 0) is 43.5 Å². The Morgan fingerprint density at radius 3 is 2.25 bits per heavy atom. The first-order valence-electron chi connectivity index (χ1n) is 7.39. The lowest BCUT2D eigenvalue weighted by atomic mass is 9.97. The Hall–Kier alpha value is -1.51. The quantitative estimate of drug-likeness (QED) is 0.277. The molecule has 0 aromatic heterocycles. The predicted octanol–water partition coefficient (Wildman–Crippen LogP) is 4.30. The summed E-state index contributed by atoms with van der Waals surface area (Å²) in [5.74, 6) is 0.307. The highest BCUT2D eigenvalue weighted by molar-refractivity contribution is 5.77. The summed E-state index contributed by atoms with van der Waals surface area (Å²) in [6.45, 7) is 9.82. The van der Waals surface area contributed by atoms with Gasteiger partial charge in [-0.1, -0.05) is 19.8 Å². The number of phenols is 1. The van der Waals surface area contributed by atoms with Gasteiger partial charge < -0.3 is 10.3 Å². The summed E-state index contributed by atoms with van der Waals surface area (Å²) in [6.07, 6.45) is 5.91. The van der Waals surface area contributed by atoms with E-state index in [1.54, 1.807) is 6.21 Å². The van der Waals surface area contributed by atoms with Gasteiger partial charge in [-0.3, -0.25) is 0 Å². The fourth-order valence-electron chi connectivity index (χ4n) is 2.29. The molecule has 0 aliphatic rings. The minimum absolute atomic E-state index is 0.307. The predicted molar refractivity (Wildman–Crippen MR) is 84.6 cm³/mol. The summed E-state index contributed by atoms with van der Waals surface area (Å²) in [4.78, 5) is 0. The van der Waals surface area contributed by atoms with Crippen molar-refractivity contribution in [1.82, 2.24) is 0 Å². The fourth-order valence-corrected chi connectivity index (χ4v) is 2.29. The Balaban J connectivity index is 2.92. The number of hydrogen-bond donors (Lipinski definition) is 1. The van der Waals surface area contributed by atoms with Crippen molar-refractivity contribution in [3.8, 4) is 5.75 Å². The van der Waals surface area contributed by atoms with Crippen molar-refractivity contribution in [2.24, 2.45) is 0 Å². The zero-order valence-electron chi connectivity index (χ0n) is 13.4. The smallest absolute Gasteiger partial charge is 0.182 e. The van der Waals surface area contributed by atoms with E-state index in [1.807, 2.05) is 39.8 Å². The molecule has 0 saturated carbocycles. The highest BCUT2D eigenvalue weighted by Crippen LogP contribution is 2.23. The summed E-state index contributed by atoms with van der Waals surface area (Å²) in [5, 5.41) is 22.1. The van der Waals surface area contributed by atoms with Crippen LogP contribution in [0.2, 0.25) is 0 Å². The summed E-state index contributed by atoms with van der Waals surface area (Å²) < 4.78 is 1.05. The van der Waals surface area contributed by atoms with Crippen LogP contribution in [0.1, 0.15) is 63.1 Å². The van der Waals surface area contributed by atoms with Gasteiger partial charge in [-0.25, -0.2) is 4.74 Å². The molecule has 1 aromatic carbocycles. The van der Waals surface area contributed by atoms with E-state index in [2.05, 4.69) is 6.92 Å². The van der Waals surface area contributed by atoms with Gasteiger partial charge in [-0.2, -0.15) is 0 Å². The molecular weight excluding hydrogens is 250 g/mol. The van der Waals surface area contributed by atoms with Crippen molar-refractivity contribution in [2.75, 3.05) is 0 Å². The molecule has 112 valence electrons. The number of hydroxylamine groups is 1. The summed E-state index contributed by atoms with van der Waals surface area (Å²) in [6, 6.07) is 3.69. The molecule has 3 heteroatoms. The molecule has 0 amide bonds. The Labute approximate surface area is 122 Å². The molecule has 0 unspecified atom stereocenters. The fraction of sp³-hybridized carbons (Fsp3) is 0.588. The molecule has 1 aromatic rings. The second-order valence-electron chi connectivity index (χ2n) is 6.23. The molecule has 0 bridgehead atoms. The molecule has 0 aliphatic heterocycles. The number of aromatic hydroxyl groups is 1. The second-order valence-corrected chi connectivity index (χ2v) is 6.23. The molecule has 0 aliphatic carbocycles. The van der Waals surface area contributed by atoms with E-state index in [0.717, 1.165) is 47.1 Å². The summed E-state index contributed by atoms with van der Waals surface area (Å²) in [7, 11) is 0. The van der Waals surface area contributed by atoms with Gasteiger partial charge in [0.05, 0.1) is 0 Å². The molecule has 1 N–H and O–H groups in total. The highest BCUT2D eigenvalue weighted by atomic mass is 16.5. The van der Waals surface area contributed by atoms with Crippen LogP contribution in [-0.4, -0.2) is 21.6 Å². The topological polar surface area (TPSA) is 46.3 Å². The number of phenolic OH excluding ortho intramolecular Hbond substituents is 1. The number of rotatable bonds is 6. The van der Waals surface area contributed by atoms with Gasteiger partial charge in [0.1, 0.15) is 5.75 Å². The van der Waals surface area contributed by atoms with E-state index in [-0.39, 0.29) is 0 Å². The SMILES string of the molecule is CCCCCC(C)(C)[N+]([O-])=Cc1cc(C)c(O)c(C)c1. The Morgan fingerprint density at radius 1 is 1.20 bits per heavy atom. The number of aryl methyl sites for hydroxylation is 2. The van der Waals surface area contributed by atoms with Crippen LogP contribution in [0.25, 0.3) is 0 Å². The average Bonchev–Trinajstić information content (AvgIpc) is 2.36. The van der Waals surface area contributed by atoms with Crippen molar-refractivity contribution in [2.45, 2.75) is 65.8 Å². The Bertz CT molecular complexity index is 467. The van der Waals surface area contributed by atoms with Crippen LogP contribution < -0.4 is 0 Å². The summed E-state index contributed by atoms with van der Waals surface area (Å²) >= 11 is 0. The minimum atomic E-state index is -0.394. The van der Waals surface area contributed by atoms with Gasteiger partial charge in [0.15, 0.2) is 11.8 Å². The van der Waals surface area contributed by atoms with Crippen molar-refractivity contribution in [3.63, 3.8) is 0 Å². The first-order chi connectivity index (χ1) is 9.27. The van der Waals surface area contributed by atoms with Crippen molar-refractivity contribution < 1.29 is 9.85 Å². The van der Waals surface area contributed by atoms with Crippen LogP contribution in [0.4, 0.5) is 0 Å². The summed E-state index contributed by atoms with van der Waals surface area (Å²) in [5.41, 5.74) is 2.05. The van der Waals surface area contributed by atoms with E-state index in [1.165, 1.54) is 0 Å². The van der Waals surface area contributed by atoms with Crippen LogP contribution >= 0.6 is 0 Å². The molecule has 1 rings (SSSR count). The van der Waals surface area contributed by atoms with E-state index < -0.39 is 5.54 Å². The van der Waals surface area contributed by atoms with Gasteiger partial charge >= 0.3 is 0 Å². The molecule has 3 nitrogen and oxygen atoms in total. The second kappa shape index (κ2) is 6.78. The molecule has 0 atom stereocenters. The van der Waals surface area contributed by atoms with Crippen LogP contribution in [0.5, 0.6) is 5.75 Å². The largest absolute Gasteiger partial charge is 0.623 e. The number of nitrogens with zero attached hydrogens (tertiary/aromatic N) is 1. The van der Waals surface area contributed by atoms with Crippen LogP contribution in [0.15, 0.2) is 12.1 Å². The minimum Gasteiger partial charge on any atom is -0.623 e. The van der Waals surface area contributed by atoms with E-state index in [9.17, 15) is 10.3 Å². The number of benzene rings is 1. The number of hydrogen-bond acceptors (Lipinski definition) is 2. The van der Waals surface area contributed by atoms with Crippen molar-refractivity contribution >= 4 is 6.21 Å². The normalized spacial score (nSPS) is 12.8. The highest BCUT2D eigenvalue weighted by Gasteiger charge is 2.25. The molecule has 0 fully saturated rings. The van der Waals surface area contributed by atoms with Gasteiger partial charge in [-0.15, -0.1) is 0 Å². The Kier molecular flexibility index (Phi) is 5.61. The zero-order chi connectivity index (χ0) is 15.3. The van der Waals surface area contributed by atoms with Crippen LogP contribution in [-0.2, 0) is 0 Å². The average molecular weight is 277 g/mol. The molecule has 0 saturated heterocycles. The van der Waals surface area contributed by atoms with Gasteiger partial charge in [0.25, 0.3) is 0 Å². The van der Waals surface area contributed by atoms with E-state index in [4.69, 9.17) is 0 Å². The lowest BCUT2D eigenvalue weighted by Crippen LogP contribution is -2.33. The lowest BCUT2D eigenvalue weighted by molar-refractivity contribution is -0.537. The third-order valence-corrected chi connectivity index (χ3v) is 3.77. The maximum absolute atomic E-state index is 12.3. The standard InChI is InChI=1S/C17H27NO2/c1-6-7-8-9-17(4,5)18(20)12-15-10-13(2)16(19)14(3)11-15/h10-12,19H,6-9H2,1-5H3. The first-order valence-corrected chi connectivity index (χ1v) is 7.39. The Morgan fingerprint density at radius 2 is 1.75 bits per heavy atom. The maximum atomic E-state index is 12.3. The van der Waals surface area contributed by atoms with Crippen LogP contribution in [0.3, 0.4) is 0 Å². The monoisotopic (exact) mass is 277 g/mol. The lowest BCUT2D eigenvalue weighted by Gasteiger charge is -2.24. The molecule has 0 spiro atoms. The zero-order valence-corrected chi connectivity index (χ0v) is 13.4. The van der Waals surface area contributed by atoms with Gasteiger partial charge in [0, 0.05) is 25.8 Å². The van der Waals surface area contributed by atoms with E-state index in [0.29, 0.717) is 5.75 Å². The van der Waals surface area contributed by atoms with Crippen molar-refractivity contribution in [1.29, 1.82) is 0 Å². The van der Waals surface area contributed by atoms with Crippen LogP contribution in [0, 0.1) is 19.1 Å². The third kappa shape index (κ3) is 4.26. The molecule has 0 radical (unpaired) electrons. The molecule has 20 heavy (non-hydrogen) atoms. The number of unbranched alkanes of at least 4 members (excludes halogenated alkanes) is 2. The molecular formula is C17H27NO2. The van der Waals surface area contributed by atoms with E-state index >= 15 is 0 Å². The third-order valence-electron chi connectivity index (χ3n) is 3.77. The first kappa shape index (κ1) is 16.5. The maximum Gasteiger partial charge on any atom is 0.182 e.